The molecule has 0 radical (unpaired) electrons. The van der Waals surface area contributed by atoms with Crippen molar-refractivity contribution in [2.45, 2.75) is 60.4 Å². The van der Waals surface area contributed by atoms with E-state index >= 15 is 0 Å². The molecule has 0 amide bonds. The summed E-state index contributed by atoms with van der Waals surface area (Å²) in [6.07, 6.45) is 9.41. The molecular formula is C63H67BBr4F4N16O6S2. The second kappa shape index (κ2) is 44.1. The van der Waals surface area contributed by atoms with E-state index in [4.69, 9.17) is 46.2 Å². The van der Waals surface area contributed by atoms with Gasteiger partial charge in [0, 0.05) is 44.2 Å². The number of nitrogen functional groups attached to an aromatic ring is 2. The highest BCUT2D eigenvalue weighted by molar-refractivity contribution is 9.11. The lowest BCUT2D eigenvalue weighted by Gasteiger charge is -2.15. The van der Waals surface area contributed by atoms with E-state index in [1.165, 1.54) is 72.5 Å². The Hall–Kier alpha value is -7.80. The van der Waals surface area contributed by atoms with Gasteiger partial charge in [0.2, 0.25) is 0 Å². The van der Waals surface area contributed by atoms with Gasteiger partial charge in [0.1, 0.15) is 47.4 Å². The molecule has 0 aliphatic carbocycles. The molecule has 0 fully saturated rings. The molecule has 0 saturated heterocycles. The summed E-state index contributed by atoms with van der Waals surface area (Å²) in [5, 5.41) is 26.9. The standard InChI is InChI=1S/C16H11FN4S.C14H14BrFN4O.C11H10BrFN4.C7H8FN.C7H16O3.C4H5BO2S.C4H3Br2N3/c17-12-5-3-11(4-6-12)9-21-10-19-15-16(21)20-13(8-18-15)14-2-1-7-22-14;1-2-21-9-19-13-14(20-12(15)8-18-13)17-7-10-3-5-11(16)6-4-10;12-9-6-15-10(14)11(17-9)16-5-7-1-3-8(13)4-2-7;8-7-3-1-6(5-9)2-4-7;1-4-8-7(9-5-2)10-6-3;6-5(7)4-2-1-3-8-4;5-2-1-8-4(7)3(6)9-2/h1-8,10H,9H2;3-6,8-9H,2,7H2,1H3,(H,17,20);1-4,6H,5H2,(H2,14,15)(H,16,17);1-4H,5,9H2;7H,4-6H2,1-3H3;1-3,6-7H;1H,(H2,7,8). The topological polar surface area (TPSA) is 313 Å². The fourth-order valence-corrected chi connectivity index (χ4v) is 9.71. The summed E-state index contributed by atoms with van der Waals surface area (Å²) in [5.74, 6) is 1.21. The lowest BCUT2D eigenvalue weighted by molar-refractivity contribution is -0.282. The van der Waals surface area contributed by atoms with Gasteiger partial charge in [-0.3, -0.25) is 0 Å². The minimum Gasteiger partial charge on any atom is -0.483 e. The molecule has 10 N–H and O–H groups in total. The fourth-order valence-electron chi connectivity index (χ4n) is 7.07. The molecule has 0 bridgehead atoms. The molecule has 96 heavy (non-hydrogen) atoms. The zero-order valence-electron chi connectivity index (χ0n) is 52.0. The van der Waals surface area contributed by atoms with Gasteiger partial charge in [0.15, 0.2) is 46.8 Å². The van der Waals surface area contributed by atoms with E-state index in [-0.39, 0.29) is 23.3 Å². The van der Waals surface area contributed by atoms with Crippen LogP contribution in [0.4, 0.5) is 46.7 Å². The lowest BCUT2D eigenvalue weighted by Crippen LogP contribution is -2.26. The molecule has 7 heterocycles. The zero-order valence-corrected chi connectivity index (χ0v) is 60.0. The Balaban J connectivity index is 0.000000210. The molecule has 0 unspecified atom stereocenters. The molecule has 0 aliphatic heterocycles. The van der Waals surface area contributed by atoms with Crippen molar-refractivity contribution in [2.24, 2.45) is 10.7 Å². The van der Waals surface area contributed by atoms with Gasteiger partial charge in [0.05, 0.1) is 49.1 Å². The molecule has 33 heteroatoms. The van der Waals surface area contributed by atoms with Crippen LogP contribution in [0.15, 0.2) is 187 Å². The van der Waals surface area contributed by atoms with Crippen molar-refractivity contribution in [3.05, 3.63) is 227 Å². The Labute approximate surface area is 594 Å². The largest absolute Gasteiger partial charge is 0.499 e. The van der Waals surface area contributed by atoms with Crippen LogP contribution in [-0.2, 0) is 45.1 Å². The number of aromatic nitrogens is 10. The zero-order chi connectivity index (χ0) is 69.6. The van der Waals surface area contributed by atoms with Crippen molar-refractivity contribution in [1.82, 2.24) is 49.4 Å². The average Bonchev–Trinajstić information content (AvgIpc) is 1.65. The van der Waals surface area contributed by atoms with E-state index < -0.39 is 13.6 Å². The van der Waals surface area contributed by atoms with Gasteiger partial charge in [-0.1, -0.05) is 66.7 Å². The van der Waals surface area contributed by atoms with Gasteiger partial charge in [-0.05, 0) is 179 Å². The molecule has 11 rings (SSSR count). The third-order valence-corrected chi connectivity index (χ3v) is 15.1. The van der Waals surface area contributed by atoms with Crippen molar-refractivity contribution in [3.63, 3.8) is 0 Å². The second-order valence-corrected chi connectivity index (χ2v) is 23.7. The van der Waals surface area contributed by atoms with Crippen LogP contribution >= 0.6 is 86.4 Å². The maximum atomic E-state index is 13.0. The maximum Gasteiger partial charge on any atom is 0.499 e. The summed E-state index contributed by atoms with van der Waals surface area (Å²) in [7, 11) is -1.30. The minimum absolute atomic E-state index is 0.216. The number of thiophene rings is 2. The highest BCUT2D eigenvalue weighted by Gasteiger charge is 2.12. The number of anilines is 4. The van der Waals surface area contributed by atoms with Crippen LogP contribution in [0.5, 0.6) is 0 Å². The number of hydrogen-bond acceptors (Lipinski definition) is 23. The van der Waals surface area contributed by atoms with E-state index in [1.54, 1.807) is 102 Å². The monoisotopic (exact) mass is 1610 g/mol. The Morgan fingerprint density at radius 1 is 0.573 bits per heavy atom. The molecule has 0 saturated carbocycles. The fraction of sp³-hybridized carbons (Fsp3) is 0.206. The first-order chi connectivity index (χ1) is 46.3. The van der Waals surface area contributed by atoms with Crippen molar-refractivity contribution >= 4 is 145 Å². The predicted octanol–water partition coefficient (Wildman–Crippen LogP) is 13.7. The number of benzene rings is 4. The summed E-state index contributed by atoms with van der Waals surface area (Å²) in [6.45, 7) is 11.6. The summed E-state index contributed by atoms with van der Waals surface area (Å²) in [4.78, 5) is 42.7. The van der Waals surface area contributed by atoms with Crippen LogP contribution in [0.3, 0.4) is 0 Å². The third-order valence-electron chi connectivity index (χ3n) is 11.6. The number of nitrogens with two attached hydrogens (primary N) is 3. The number of nitrogens with one attached hydrogen (secondary N) is 2. The van der Waals surface area contributed by atoms with Crippen molar-refractivity contribution in [2.75, 3.05) is 48.5 Å². The van der Waals surface area contributed by atoms with Gasteiger partial charge in [-0.25, -0.2) is 62.4 Å². The number of nitrogens with zero attached hydrogens (tertiary/aromatic N) is 11. The molecule has 11 aromatic rings. The average molecular weight is 1610 g/mol. The van der Waals surface area contributed by atoms with Crippen LogP contribution in [0.1, 0.15) is 49.9 Å². The molecular weight excluding hydrogens is 1550 g/mol. The summed E-state index contributed by atoms with van der Waals surface area (Å²) in [6, 6.07) is 32.5. The first kappa shape index (κ1) is 78.9. The van der Waals surface area contributed by atoms with Gasteiger partial charge < -0.3 is 61.4 Å². The molecule has 22 nitrogen and oxygen atoms in total. The molecule has 7 aromatic heterocycles. The number of ether oxygens (including phenoxy) is 4. The maximum absolute atomic E-state index is 13.0. The van der Waals surface area contributed by atoms with E-state index in [0.29, 0.717) is 111 Å². The third kappa shape index (κ3) is 29.7. The first-order valence-corrected chi connectivity index (χ1v) is 33.7. The van der Waals surface area contributed by atoms with Gasteiger partial charge in [-0.2, -0.15) is 16.3 Å². The molecule has 0 aliphatic rings. The highest BCUT2D eigenvalue weighted by atomic mass is 79.9. The van der Waals surface area contributed by atoms with E-state index in [2.05, 4.69) is 124 Å². The Morgan fingerprint density at radius 3 is 1.53 bits per heavy atom. The van der Waals surface area contributed by atoms with Crippen molar-refractivity contribution in [1.29, 1.82) is 0 Å². The van der Waals surface area contributed by atoms with Crippen LogP contribution in [0, 0.1) is 23.3 Å². The van der Waals surface area contributed by atoms with E-state index in [9.17, 15) is 17.6 Å². The number of imidazole rings is 1. The second-order valence-electron chi connectivity index (χ2n) is 18.6. The van der Waals surface area contributed by atoms with Crippen molar-refractivity contribution < 1.29 is 46.6 Å². The Morgan fingerprint density at radius 2 is 1.06 bits per heavy atom. The normalized spacial score (nSPS) is 10.4. The highest BCUT2D eigenvalue weighted by Crippen LogP contribution is 2.25. The number of rotatable bonds is 20. The predicted molar refractivity (Wildman–Crippen MR) is 384 cm³/mol. The summed E-state index contributed by atoms with van der Waals surface area (Å²) < 4.78 is 76.0. The Kier molecular flexibility index (Phi) is 36.3. The van der Waals surface area contributed by atoms with Crippen molar-refractivity contribution in [3.8, 4) is 10.6 Å². The van der Waals surface area contributed by atoms with Crippen LogP contribution < -0.4 is 32.6 Å². The quantitative estimate of drug-likeness (QED) is 0.0123. The number of aliphatic imine (C=N–C) groups is 1. The van der Waals surface area contributed by atoms with E-state index in [1.807, 2.05) is 49.8 Å². The van der Waals surface area contributed by atoms with Crippen LogP contribution in [0.2, 0.25) is 0 Å². The van der Waals surface area contributed by atoms with Gasteiger partial charge in [-0.15, -0.1) is 11.3 Å². The SMILES string of the molecule is CCOC(OCC)OCC.CCOC=Nc1ncc(Br)nc1NCc1ccc(F)cc1.Fc1ccc(Cn2cnc3ncc(-c4cccs4)nc32)cc1.NCc1ccc(F)cc1.Nc1ncc(Br)nc1Br.Nc1ncc(Br)nc1NCc1ccc(F)cc1.OB(O)c1cccs1. The molecule has 0 atom stereocenters. The van der Waals surface area contributed by atoms with Crippen LogP contribution in [0.25, 0.3) is 21.9 Å². The van der Waals surface area contributed by atoms with Gasteiger partial charge >= 0.3 is 7.12 Å². The smallest absolute Gasteiger partial charge is 0.483 e. The number of halogens is 8. The van der Waals surface area contributed by atoms with E-state index in [0.717, 1.165) is 38.5 Å². The molecule has 4 aromatic carbocycles. The molecule has 0 spiro atoms. The first-order valence-electron chi connectivity index (χ1n) is 28.8. The number of fused-ring (bicyclic) bond motifs is 1. The summed E-state index contributed by atoms with van der Waals surface area (Å²) >= 11 is 15.7. The van der Waals surface area contributed by atoms with Crippen LogP contribution in [-0.4, -0.2) is 106 Å². The Bertz CT molecular complexity index is 3990. The number of hydrogen-bond donors (Lipinski definition) is 7. The van der Waals surface area contributed by atoms with Gasteiger partial charge in [0.25, 0.3) is 6.48 Å². The lowest BCUT2D eigenvalue weighted by atomic mass is 9.90. The minimum atomic E-state index is -1.30. The molecule has 506 valence electrons. The summed E-state index contributed by atoms with van der Waals surface area (Å²) in [5.41, 5.74) is 22.3.